The van der Waals surface area contributed by atoms with Crippen LogP contribution in [0.5, 0.6) is 5.75 Å². The second-order valence-corrected chi connectivity index (χ2v) is 5.30. The van der Waals surface area contributed by atoms with E-state index in [-0.39, 0.29) is 0 Å². The number of ether oxygens (including phenoxy) is 1. The summed E-state index contributed by atoms with van der Waals surface area (Å²) in [5.41, 5.74) is 1.31. The monoisotopic (exact) mass is 310 g/mol. The zero-order valence-electron chi connectivity index (χ0n) is 11.1. The Kier molecular flexibility index (Phi) is 5.30. The van der Waals surface area contributed by atoms with Gasteiger partial charge in [-0.15, -0.1) is 0 Å². The summed E-state index contributed by atoms with van der Waals surface area (Å²) in [4.78, 5) is 0. The van der Waals surface area contributed by atoms with Gasteiger partial charge in [-0.3, -0.25) is 0 Å². The van der Waals surface area contributed by atoms with E-state index in [1.807, 2.05) is 31.2 Å². The molecule has 0 saturated carbocycles. The van der Waals surface area contributed by atoms with Crippen molar-refractivity contribution in [2.75, 3.05) is 6.61 Å². The number of benzene rings is 2. The van der Waals surface area contributed by atoms with Crippen molar-refractivity contribution in [3.8, 4) is 5.75 Å². The molecule has 20 heavy (non-hydrogen) atoms. The van der Waals surface area contributed by atoms with Gasteiger partial charge in [0.15, 0.2) is 0 Å². The van der Waals surface area contributed by atoms with Crippen LogP contribution in [-0.4, -0.2) is 11.7 Å². The smallest absolute Gasteiger partial charge is 0.125 e. The summed E-state index contributed by atoms with van der Waals surface area (Å²) in [5, 5.41) is 11.5. The van der Waals surface area contributed by atoms with Gasteiger partial charge in [-0.05, 0) is 24.6 Å². The first-order valence-electron chi connectivity index (χ1n) is 6.48. The third-order valence-electron chi connectivity index (χ3n) is 2.93. The van der Waals surface area contributed by atoms with Crippen molar-refractivity contribution in [2.24, 2.45) is 0 Å². The fraction of sp³-hybridized carbons (Fsp3) is 0.250. The van der Waals surface area contributed by atoms with E-state index in [0.29, 0.717) is 33.5 Å². The summed E-state index contributed by atoms with van der Waals surface area (Å²) in [6.45, 7) is 2.65. The number of halogens is 2. The molecular weight excluding hydrogens is 295 g/mol. The maximum absolute atomic E-state index is 10.5. The summed E-state index contributed by atoms with van der Waals surface area (Å²) in [6, 6.07) is 12.5. The van der Waals surface area contributed by atoms with Crippen LogP contribution < -0.4 is 4.74 Å². The van der Waals surface area contributed by atoms with Crippen LogP contribution in [-0.2, 0) is 0 Å². The van der Waals surface area contributed by atoms with Crippen molar-refractivity contribution in [2.45, 2.75) is 19.4 Å². The molecule has 0 aliphatic carbocycles. The molecule has 2 aromatic rings. The van der Waals surface area contributed by atoms with Crippen LogP contribution in [0.1, 0.15) is 30.6 Å². The molecule has 0 spiro atoms. The van der Waals surface area contributed by atoms with Gasteiger partial charge < -0.3 is 9.84 Å². The molecule has 4 heteroatoms. The molecule has 0 aliphatic heterocycles. The zero-order chi connectivity index (χ0) is 14.5. The number of aliphatic hydroxyl groups excluding tert-OH is 1. The SMILES string of the molecule is CCCOc1ccccc1C(O)c1ccc(Cl)cc1Cl. The van der Waals surface area contributed by atoms with E-state index in [9.17, 15) is 5.11 Å². The number of rotatable bonds is 5. The van der Waals surface area contributed by atoms with Crippen LogP contribution in [0.25, 0.3) is 0 Å². The normalized spacial score (nSPS) is 12.2. The number of hydrogen-bond donors (Lipinski definition) is 1. The quantitative estimate of drug-likeness (QED) is 0.854. The molecule has 2 nitrogen and oxygen atoms in total. The van der Waals surface area contributed by atoms with E-state index in [1.165, 1.54) is 0 Å². The van der Waals surface area contributed by atoms with Crippen LogP contribution in [0.2, 0.25) is 10.0 Å². The summed E-state index contributed by atoms with van der Waals surface area (Å²) in [6.07, 6.45) is 0.0689. The van der Waals surface area contributed by atoms with Gasteiger partial charge in [-0.25, -0.2) is 0 Å². The number of hydrogen-bond acceptors (Lipinski definition) is 2. The fourth-order valence-corrected chi connectivity index (χ4v) is 2.45. The summed E-state index contributed by atoms with van der Waals surface area (Å²) >= 11 is 12.0. The lowest BCUT2D eigenvalue weighted by Gasteiger charge is -2.17. The highest BCUT2D eigenvalue weighted by Gasteiger charge is 2.18. The molecule has 2 aromatic carbocycles. The van der Waals surface area contributed by atoms with Gasteiger partial charge in [-0.2, -0.15) is 0 Å². The van der Waals surface area contributed by atoms with Gasteiger partial charge in [0.25, 0.3) is 0 Å². The summed E-state index contributed by atoms with van der Waals surface area (Å²) in [7, 11) is 0. The maximum atomic E-state index is 10.5. The Morgan fingerprint density at radius 1 is 1.10 bits per heavy atom. The van der Waals surface area contributed by atoms with Crippen molar-refractivity contribution in [1.29, 1.82) is 0 Å². The highest BCUT2D eigenvalue weighted by atomic mass is 35.5. The third kappa shape index (κ3) is 3.45. The molecule has 0 fully saturated rings. The average Bonchev–Trinajstić information content (AvgIpc) is 2.45. The summed E-state index contributed by atoms with van der Waals surface area (Å²) < 4.78 is 5.66. The molecule has 1 N–H and O–H groups in total. The van der Waals surface area contributed by atoms with Crippen LogP contribution in [0.15, 0.2) is 42.5 Å². The highest BCUT2D eigenvalue weighted by Crippen LogP contribution is 2.34. The van der Waals surface area contributed by atoms with Crippen LogP contribution in [0.4, 0.5) is 0 Å². The van der Waals surface area contributed by atoms with Crippen molar-refractivity contribution >= 4 is 23.2 Å². The maximum Gasteiger partial charge on any atom is 0.125 e. The minimum atomic E-state index is -0.840. The average molecular weight is 311 g/mol. The van der Waals surface area contributed by atoms with Gasteiger partial charge in [0.2, 0.25) is 0 Å². The largest absolute Gasteiger partial charge is 0.493 e. The lowest BCUT2D eigenvalue weighted by Crippen LogP contribution is -2.05. The van der Waals surface area contributed by atoms with Crippen molar-refractivity contribution in [1.82, 2.24) is 0 Å². The van der Waals surface area contributed by atoms with E-state index in [4.69, 9.17) is 27.9 Å². The Balaban J connectivity index is 2.35. The second kappa shape index (κ2) is 6.98. The third-order valence-corrected chi connectivity index (χ3v) is 3.49. The topological polar surface area (TPSA) is 29.5 Å². The molecule has 1 unspecified atom stereocenters. The molecule has 0 heterocycles. The van der Waals surface area contributed by atoms with E-state index < -0.39 is 6.10 Å². The van der Waals surface area contributed by atoms with E-state index in [1.54, 1.807) is 18.2 Å². The number of para-hydroxylation sites is 1. The fourth-order valence-electron chi connectivity index (χ4n) is 1.94. The predicted molar refractivity (Wildman–Crippen MR) is 82.8 cm³/mol. The van der Waals surface area contributed by atoms with Crippen LogP contribution >= 0.6 is 23.2 Å². The lowest BCUT2D eigenvalue weighted by molar-refractivity contribution is 0.210. The lowest BCUT2D eigenvalue weighted by atomic mass is 10.0. The van der Waals surface area contributed by atoms with Gasteiger partial charge in [0.05, 0.1) is 6.61 Å². The van der Waals surface area contributed by atoms with Crippen LogP contribution in [0.3, 0.4) is 0 Å². The van der Waals surface area contributed by atoms with Gasteiger partial charge in [-0.1, -0.05) is 54.4 Å². The molecular formula is C16H16Cl2O2. The highest BCUT2D eigenvalue weighted by molar-refractivity contribution is 6.35. The van der Waals surface area contributed by atoms with Gasteiger partial charge >= 0.3 is 0 Å². The van der Waals surface area contributed by atoms with E-state index in [2.05, 4.69) is 0 Å². The molecule has 2 rings (SSSR count). The van der Waals surface area contributed by atoms with Crippen molar-refractivity contribution in [3.05, 3.63) is 63.6 Å². The Bertz CT molecular complexity index is 584. The Morgan fingerprint density at radius 3 is 2.55 bits per heavy atom. The first kappa shape index (κ1) is 15.2. The first-order chi connectivity index (χ1) is 9.63. The molecule has 0 saturated heterocycles. The number of aliphatic hydroxyl groups is 1. The Labute approximate surface area is 128 Å². The van der Waals surface area contributed by atoms with E-state index >= 15 is 0 Å². The Morgan fingerprint density at radius 2 is 1.85 bits per heavy atom. The first-order valence-corrected chi connectivity index (χ1v) is 7.23. The van der Waals surface area contributed by atoms with E-state index in [0.717, 1.165) is 6.42 Å². The van der Waals surface area contributed by atoms with Gasteiger partial charge in [0.1, 0.15) is 11.9 Å². The second-order valence-electron chi connectivity index (χ2n) is 4.45. The molecule has 0 aliphatic rings. The Hall–Kier alpha value is -1.22. The molecule has 106 valence electrons. The van der Waals surface area contributed by atoms with Crippen LogP contribution in [0, 0.1) is 0 Å². The molecule has 0 radical (unpaired) electrons. The standard InChI is InChI=1S/C16H16Cl2O2/c1-2-9-20-15-6-4-3-5-13(15)16(19)12-8-7-11(17)10-14(12)18/h3-8,10,16,19H,2,9H2,1H3. The van der Waals surface area contributed by atoms with Crippen molar-refractivity contribution in [3.63, 3.8) is 0 Å². The zero-order valence-corrected chi connectivity index (χ0v) is 12.7. The predicted octanol–water partition coefficient (Wildman–Crippen LogP) is 4.86. The summed E-state index contributed by atoms with van der Waals surface area (Å²) in [5.74, 6) is 0.674. The molecule has 0 amide bonds. The minimum Gasteiger partial charge on any atom is -0.493 e. The molecule has 0 aromatic heterocycles. The van der Waals surface area contributed by atoms with Gasteiger partial charge in [0, 0.05) is 21.2 Å². The van der Waals surface area contributed by atoms with Crippen molar-refractivity contribution < 1.29 is 9.84 Å². The minimum absolute atomic E-state index is 0.440. The molecule has 0 bridgehead atoms. The molecule has 1 atom stereocenters.